The van der Waals surface area contributed by atoms with E-state index in [0.717, 1.165) is 10.2 Å². The Morgan fingerprint density at radius 2 is 1.83 bits per heavy atom. The summed E-state index contributed by atoms with van der Waals surface area (Å²) in [7, 11) is 0. The van der Waals surface area contributed by atoms with E-state index in [-0.39, 0.29) is 23.7 Å². The molecule has 0 aliphatic heterocycles. The number of hydrogen-bond donors (Lipinski definition) is 2. The highest BCUT2D eigenvalue weighted by Gasteiger charge is 2.12. The van der Waals surface area contributed by atoms with Gasteiger partial charge >= 0.3 is 0 Å². The third kappa shape index (κ3) is 3.86. The quantitative estimate of drug-likeness (QED) is 0.498. The summed E-state index contributed by atoms with van der Waals surface area (Å²) in [4.78, 5) is 17.6. The largest absolute Gasteiger partial charge is 0.508 e. The average Bonchev–Trinajstić information content (AvgIpc) is 2.74. The van der Waals surface area contributed by atoms with Gasteiger partial charge in [-0.15, -0.1) is 0 Å². The molecule has 0 spiro atoms. The topological polar surface area (TPSA) is 96.9 Å². The maximum absolute atomic E-state index is 13.0. The number of aryl methyl sites for hydroxylation is 1. The molecule has 1 heterocycles. The van der Waals surface area contributed by atoms with Crippen LogP contribution in [0.4, 0.5) is 0 Å². The zero-order chi connectivity index (χ0) is 21.1. The molecule has 0 radical (unpaired) electrons. The number of rotatable bonds is 5. The molecule has 2 N–H and O–H groups in total. The minimum Gasteiger partial charge on any atom is -0.508 e. The molecule has 30 heavy (non-hydrogen) atoms. The summed E-state index contributed by atoms with van der Waals surface area (Å²) in [5.74, 6) is 0.780. The molecule has 0 saturated heterocycles. The number of aromatic nitrogens is 2. The van der Waals surface area contributed by atoms with Gasteiger partial charge in [-0.25, -0.2) is 4.98 Å². The van der Waals surface area contributed by atoms with E-state index in [1.165, 1.54) is 24.4 Å². The Labute approximate surface area is 172 Å². The zero-order valence-corrected chi connectivity index (χ0v) is 16.2. The van der Waals surface area contributed by atoms with Crippen LogP contribution in [0.1, 0.15) is 17.0 Å². The molecular formula is C23H19N3O4. The first-order valence-corrected chi connectivity index (χ1v) is 9.28. The number of benzene rings is 3. The van der Waals surface area contributed by atoms with Gasteiger partial charge in [-0.05, 0) is 42.8 Å². The first-order chi connectivity index (χ1) is 14.5. The summed E-state index contributed by atoms with van der Waals surface area (Å²) in [6.07, 6.45) is 1.34. The fraction of sp³-hybridized carbons (Fsp3) is 0.0870. The second kappa shape index (κ2) is 8.08. The maximum Gasteiger partial charge on any atom is 0.282 e. The first-order valence-electron chi connectivity index (χ1n) is 9.28. The lowest BCUT2D eigenvalue weighted by atomic mass is 10.2. The van der Waals surface area contributed by atoms with Crippen LogP contribution in [0.3, 0.4) is 0 Å². The summed E-state index contributed by atoms with van der Waals surface area (Å²) in [5.41, 5.74) is 1.51. The van der Waals surface area contributed by atoms with E-state index >= 15 is 0 Å². The molecule has 0 saturated carbocycles. The third-order valence-electron chi connectivity index (χ3n) is 4.60. The Kier molecular flexibility index (Phi) is 5.17. The van der Waals surface area contributed by atoms with E-state index in [4.69, 9.17) is 4.74 Å². The van der Waals surface area contributed by atoms with E-state index in [1.54, 1.807) is 18.2 Å². The standard InChI is InChI=1S/C23H19N3O4/c1-15-6-2-5-9-21(15)30-14-22-25-19-8-4-3-7-18(19)23(29)26(22)24-13-16-10-11-17(27)12-20(16)28/h2-13,27-28H,14H2,1H3/b24-13+. The Bertz CT molecular complexity index is 1310. The minimum atomic E-state index is -0.349. The minimum absolute atomic E-state index is 0.0316. The molecule has 150 valence electrons. The smallest absolute Gasteiger partial charge is 0.282 e. The van der Waals surface area contributed by atoms with Crippen LogP contribution >= 0.6 is 0 Å². The van der Waals surface area contributed by atoms with Gasteiger partial charge in [-0.2, -0.15) is 9.78 Å². The lowest BCUT2D eigenvalue weighted by Gasteiger charge is -2.12. The molecule has 0 atom stereocenters. The lowest BCUT2D eigenvalue weighted by Crippen LogP contribution is -2.23. The van der Waals surface area contributed by atoms with Gasteiger partial charge in [-0.3, -0.25) is 4.79 Å². The second-order valence-electron chi connectivity index (χ2n) is 6.70. The van der Waals surface area contributed by atoms with E-state index in [2.05, 4.69) is 10.1 Å². The first kappa shape index (κ1) is 19.2. The lowest BCUT2D eigenvalue weighted by molar-refractivity contribution is 0.287. The van der Waals surface area contributed by atoms with Crippen molar-refractivity contribution in [2.45, 2.75) is 13.5 Å². The van der Waals surface area contributed by atoms with Gasteiger partial charge in [-0.1, -0.05) is 30.3 Å². The van der Waals surface area contributed by atoms with Crippen molar-refractivity contribution in [1.82, 2.24) is 9.66 Å². The maximum atomic E-state index is 13.0. The van der Waals surface area contributed by atoms with Crippen LogP contribution < -0.4 is 10.3 Å². The second-order valence-corrected chi connectivity index (χ2v) is 6.70. The van der Waals surface area contributed by atoms with Crippen molar-refractivity contribution in [2.75, 3.05) is 0 Å². The highest BCUT2D eigenvalue weighted by atomic mass is 16.5. The average molecular weight is 401 g/mol. The van der Waals surface area contributed by atoms with Gasteiger partial charge in [0.2, 0.25) is 0 Å². The van der Waals surface area contributed by atoms with E-state index in [9.17, 15) is 15.0 Å². The van der Waals surface area contributed by atoms with Gasteiger partial charge < -0.3 is 14.9 Å². The number of ether oxygens (including phenoxy) is 1. The highest BCUT2D eigenvalue weighted by molar-refractivity contribution is 5.84. The number of aromatic hydroxyl groups is 2. The van der Waals surface area contributed by atoms with Crippen molar-refractivity contribution in [2.24, 2.45) is 5.10 Å². The van der Waals surface area contributed by atoms with Crippen LogP contribution in [-0.4, -0.2) is 26.1 Å². The SMILES string of the molecule is Cc1ccccc1OCc1nc2ccccc2c(=O)n1/N=C/c1ccc(O)cc1O. The number of nitrogens with zero attached hydrogens (tertiary/aromatic N) is 3. The van der Waals surface area contributed by atoms with Crippen molar-refractivity contribution < 1.29 is 14.9 Å². The third-order valence-corrected chi connectivity index (χ3v) is 4.60. The predicted octanol–water partition coefficient (Wildman–Crippen LogP) is 3.58. The molecule has 3 aromatic carbocycles. The molecule has 0 bridgehead atoms. The van der Waals surface area contributed by atoms with Crippen LogP contribution in [0, 0.1) is 6.92 Å². The van der Waals surface area contributed by atoms with Gasteiger partial charge in [0.05, 0.1) is 17.1 Å². The monoisotopic (exact) mass is 401 g/mol. The summed E-state index contributed by atoms with van der Waals surface area (Å²) < 4.78 is 7.04. The normalized spacial score (nSPS) is 11.2. The molecule has 4 aromatic rings. The molecular weight excluding hydrogens is 382 g/mol. The van der Waals surface area contributed by atoms with Gasteiger partial charge in [0.1, 0.15) is 23.9 Å². The molecule has 0 unspecified atom stereocenters. The van der Waals surface area contributed by atoms with E-state index in [0.29, 0.717) is 28.0 Å². The van der Waals surface area contributed by atoms with Crippen LogP contribution in [0.2, 0.25) is 0 Å². The van der Waals surface area contributed by atoms with Crippen molar-refractivity contribution in [3.8, 4) is 17.2 Å². The highest BCUT2D eigenvalue weighted by Crippen LogP contribution is 2.21. The van der Waals surface area contributed by atoms with Crippen LogP contribution in [0.25, 0.3) is 10.9 Å². The van der Waals surface area contributed by atoms with Crippen LogP contribution in [0.5, 0.6) is 17.2 Å². The Hall–Kier alpha value is -4.13. The number of fused-ring (bicyclic) bond motifs is 1. The summed E-state index contributed by atoms with van der Waals surface area (Å²) in [5, 5.41) is 24.1. The van der Waals surface area contributed by atoms with E-state index in [1.807, 2.05) is 37.3 Å². The molecule has 4 rings (SSSR count). The summed E-state index contributed by atoms with van der Waals surface area (Å²) in [6.45, 7) is 1.96. The Morgan fingerprint density at radius 1 is 1.07 bits per heavy atom. The summed E-state index contributed by atoms with van der Waals surface area (Å²) in [6, 6.07) is 18.7. The molecule has 0 aliphatic carbocycles. The van der Waals surface area contributed by atoms with Gasteiger partial charge in [0, 0.05) is 11.6 Å². The number of para-hydroxylation sites is 2. The molecule has 0 fully saturated rings. The van der Waals surface area contributed by atoms with Crippen molar-refractivity contribution in [1.29, 1.82) is 0 Å². The van der Waals surface area contributed by atoms with Crippen LogP contribution in [0.15, 0.2) is 76.6 Å². The summed E-state index contributed by atoms with van der Waals surface area (Å²) >= 11 is 0. The Balaban J connectivity index is 1.77. The number of phenolic OH excluding ortho intramolecular Hbond substituents is 2. The zero-order valence-electron chi connectivity index (χ0n) is 16.2. The molecule has 7 heteroatoms. The molecule has 1 aromatic heterocycles. The van der Waals surface area contributed by atoms with Crippen molar-refractivity contribution in [3.63, 3.8) is 0 Å². The van der Waals surface area contributed by atoms with Gasteiger partial charge in [0.15, 0.2) is 5.82 Å². The van der Waals surface area contributed by atoms with Crippen LogP contribution in [-0.2, 0) is 6.61 Å². The van der Waals surface area contributed by atoms with Gasteiger partial charge in [0.25, 0.3) is 5.56 Å². The number of phenols is 2. The molecule has 0 amide bonds. The Morgan fingerprint density at radius 3 is 2.63 bits per heavy atom. The van der Waals surface area contributed by atoms with Crippen molar-refractivity contribution >= 4 is 17.1 Å². The molecule has 0 aliphatic rings. The van der Waals surface area contributed by atoms with E-state index < -0.39 is 0 Å². The fourth-order valence-corrected chi connectivity index (χ4v) is 3.00. The predicted molar refractivity (Wildman–Crippen MR) is 114 cm³/mol. The molecule has 7 nitrogen and oxygen atoms in total. The fourth-order valence-electron chi connectivity index (χ4n) is 3.00. The van der Waals surface area contributed by atoms with Crippen molar-refractivity contribution in [3.05, 3.63) is 94.0 Å². The number of hydrogen-bond acceptors (Lipinski definition) is 6.